The summed E-state index contributed by atoms with van der Waals surface area (Å²) in [5, 5.41) is 14.4. The first kappa shape index (κ1) is 11.5. The molecule has 0 saturated heterocycles. The van der Waals surface area contributed by atoms with E-state index in [0.717, 1.165) is 0 Å². The molecule has 0 spiro atoms. The molecule has 17 heavy (non-hydrogen) atoms. The highest BCUT2D eigenvalue weighted by Gasteiger charge is 2.12. The minimum absolute atomic E-state index is 0.233. The lowest BCUT2D eigenvalue weighted by molar-refractivity contribution is -0.389. The molecule has 0 bridgehead atoms. The third kappa shape index (κ3) is 2.59. The van der Waals surface area contributed by atoms with Gasteiger partial charge >= 0.3 is 5.82 Å². The summed E-state index contributed by atoms with van der Waals surface area (Å²) in [4.78, 5) is 9.85. The average Bonchev–Trinajstić information content (AvgIpc) is 2.71. The zero-order chi connectivity index (χ0) is 12.4. The first-order valence-corrected chi connectivity index (χ1v) is 5.06. The monoisotopic (exact) mass is 255 g/mol. The zero-order valence-corrected chi connectivity index (χ0v) is 9.26. The van der Waals surface area contributed by atoms with Gasteiger partial charge in [-0.1, -0.05) is 17.7 Å². The van der Waals surface area contributed by atoms with E-state index in [1.165, 1.54) is 35.1 Å². The van der Waals surface area contributed by atoms with Crippen LogP contribution in [0.4, 0.5) is 10.2 Å². The van der Waals surface area contributed by atoms with Crippen molar-refractivity contribution < 1.29 is 9.31 Å². The normalized spacial score (nSPS) is 10.5. The number of nitro groups is 1. The Hall–Kier alpha value is -1.95. The van der Waals surface area contributed by atoms with E-state index in [4.69, 9.17) is 11.6 Å². The number of halogens is 2. The second-order valence-corrected chi connectivity index (χ2v) is 3.77. The van der Waals surface area contributed by atoms with Gasteiger partial charge in [0.05, 0.1) is 23.9 Å². The van der Waals surface area contributed by atoms with E-state index in [0.29, 0.717) is 5.56 Å². The summed E-state index contributed by atoms with van der Waals surface area (Å²) in [5.41, 5.74) is 0.645. The molecule has 5 nitrogen and oxygen atoms in total. The van der Waals surface area contributed by atoms with Gasteiger partial charge in [0, 0.05) is 5.02 Å². The Balaban J connectivity index is 2.22. The van der Waals surface area contributed by atoms with Gasteiger partial charge in [0.2, 0.25) is 0 Å². The minimum Gasteiger partial charge on any atom is -0.358 e. The lowest BCUT2D eigenvalue weighted by Gasteiger charge is -2.01. The van der Waals surface area contributed by atoms with Crippen molar-refractivity contribution in [3.63, 3.8) is 0 Å². The van der Waals surface area contributed by atoms with E-state index in [2.05, 4.69) is 5.10 Å². The molecule has 0 saturated carbocycles. The standard InChI is InChI=1S/C10H7ClFN3O2/c11-9-5-8(12)2-1-7(9)6-14-4-3-10(13-14)15(16)17/h1-5H,6H2. The van der Waals surface area contributed by atoms with E-state index < -0.39 is 10.7 Å². The fourth-order valence-corrected chi connectivity index (χ4v) is 1.59. The van der Waals surface area contributed by atoms with Crippen molar-refractivity contribution in [2.75, 3.05) is 0 Å². The highest BCUT2D eigenvalue weighted by molar-refractivity contribution is 6.31. The van der Waals surface area contributed by atoms with Gasteiger partial charge in [-0.2, -0.15) is 4.68 Å². The van der Waals surface area contributed by atoms with Gasteiger partial charge in [-0.15, -0.1) is 0 Å². The molecule has 0 aliphatic heterocycles. The molecule has 0 aliphatic rings. The maximum Gasteiger partial charge on any atom is 0.389 e. The van der Waals surface area contributed by atoms with Gasteiger partial charge in [0.1, 0.15) is 5.82 Å². The van der Waals surface area contributed by atoms with Crippen molar-refractivity contribution in [3.8, 4) is 0 Å². The summed E-state index contributed by atoms with van der Waals surface area (Å²) >= 11 is 5.83. The van der Waals surface area contributed by atoms with Gasteiger partial charge in [-0.3, -0.25) is 0 Å². The Bertz CT molecular complexity index is 570. The van der Waals surface area contributed by atoms with Crippen LogP contribution in [0.15, 0.2) is 30.5 Å². The van der Waals surface area contributed by atoms with Crippen molar-refractivity contribution in [2.45, 2.75) is 6.54 Å². The summed E-state index contributed by atoms with van der Waals surface area (Å²) in [7, 11) is 0. The Morgan fingerprint density at radius 1 is 1.47 bits per heavy atom. The average molecular weight is 256 g/mol. The fraction of sp³-hybridized carbons (Fsp3) is 0.100. The van der Waals surface area contributed by atoms with Crippen LogP contribution >= 0.6 is 11.6 Å². The molecule has 2 rings (SSSR count). The summed E-state index contributed by atoms with van der Waals surface area (Å²) in [6.45, 7) is 0.257. The molecule has 88 valence electrons. The molecule has 1 aromatic heterocycles. The topological polar surface area (TPSA) is 61.0 Å². The molecule has 1 aromatic carbocycles. The molecule has 0 unspecified atom stereocenters. The van der Waals surface area contributed by atoms with Crippen molar-refractivity contribution in [2.24, 2.45) is 0 Å². The second kappa shape index (κ2) is 4.50. The summed E-state index contributed by atoms with van der Waals surface area (Å²) in [6.07, 6.45) is 1.47. The van der Waals surface area contributed by atoms with Gasteiger partial charge in [0.25, 0.3) is 0 Å². The number of hydrogen-bond acceptors (Lipinski definition) is 3. The molecule has 0 atom stereocenters. The molecule has 0 aliphatic carbocycles. The minimum atomic E-state index is -0.581. The first-order valence-electron chi connectivity index (χ1n) is 4.68. The molecule has 2 aromatic rings. The van der Waals surface area contributed by atoms with Crippen molar-refractivity contribution in [1.82, 2.24) is 9.78 Å². The van der Waals surface area contributed by atoms with E-state index in [9.17, 15) is 14.5 Å². The molecule has 0 radical (unpaired) electrons. The Morgan fingerprint density at radius 3 is 2.82 bits per heavy atom. The highest BCUT2D eigenvalue weighted by atomic mass is 35.5. The second-order valence-electron chi connectivity index (χ2n) is 3.36. The molecule has 7 heteroatoms. The maximum absolute atomic E-state index is 12.8. The molecule has 0 N–H and O–H groups in total. The molecule has 0 amide bonds. The van der Waals surface area contributed by atoms with Crippen LogP contribution in [-0.4, -0.2) is 14.7 Å². The molecular weight excluding hydrogens is 249 g/mol. The first-order chi connectivity index (χ1) is 8.06. The predicted octanol–water partition coefficient (Wildman–Crippen LogP) is 2.63. The van der Waals surface area contributed by atoms with Crippen LogP contribution in [0, 0.1) is 15.9 Å². The summed E-state index contributed by atoms with van der Waals surface area (Å²) in [6, 6.07) is 5.27. The number of benzene rings is 1. The highest BCUT2D eigenvalue weighted by Crippen LogP contribution is 2.18. The lowest BCUT2D eigenvalue weighted by Crippen LogP contribution is -2.02. The van der Waals surface area contributed by atoms with Crippen LogP contribution in [0.1, 0.15) is 5.56 Å². The number of hydrogen-bond donors (Lipinski definition) is 0. The Kier molecular flexibility index (Phi) is 3.06. The third-order valence-electron chi connectivity index (χ3n) is 2.16. The van der Waals surface area contributed by atoms with Gasteiger partial charge in [-0.25, -0.2) is 4.39 Å². The third-order valence-corrected chi connectivity index (χ3v) is 2.51. The summed E-state index contributed by atoms with van der Waals surface area (Å²) in [5.74, 6) is -0.659. The van der Waals surface area contributed by atoms with Crippen molar-refractivity contribution in [3.05, 3.63) is 57.0 Å². The number of aromatic nitrogens is 2. The van der Waals surface area contributed by atoms with E-state index in [1.807, 2.05) is 0 Å². The number of rotatable bonds is 3. The van der Waals surface area contributed by atoms with Crippen LogP contribution < -0.4 is 0 Å². The predicted molar refractivity (Wildman–Crippen MR) is 59.4 cm³/mol. The fourth-order valence-electron chi connectivity index (χ4n) is 1.36. The van der Waals surface area contributed by atoms with Crippen LogP contribution in [-0.2, 0) is 6.54 Å². The van der Waals surface area contributed by atoms with Gasteiger partial charge in [0.15, 0.2) is 0 Å². The number of nitrogens with zero attached hydrogens (tertiary/aromatic N) is 3. The molecule has 1 heterocycles. The van der Waals surface area contributed by atoms with Crippen LogP contribution in [0.5, 0.6) is 0 Å². The van der Waals surface area contributed by atoms with E-state index in [-0.39, 0.29) is 17.4 Å². The largest absolute Gasteiger partial charge is 0.389 e. The van der Waals surface area contributed by atoms with E-state index in [1.54, 1.807) is 0 Å². The van der Waals surface area contributed by atoms with E-state index >= 15 is 0 Å². The van der Waals surface area contributed by atoms with Gasteiger partial charge < -0.3 is 10.1 Å². The zero-order valence-electron chi connectivity index (χ0n) is 8.51. The lowest BCUT2D eigenvalue weighted by atomic mass is 10.2. The molecule has 0 fully saturated rings. The van der Waals surface area contributed by atoms with Crippen molar-refractivity contribution in [1.29, 1.82) is 0 Å². The smallest absolute Gasteiger partial charge is 0.358 e. The quantitative estimate of drug-likeness (QED) is 0.626. The Morgan fingerprint density at radius 2 is 2.24 bits per heavy atom. The Labute approximate surface area is 101 Å². The maximum atomic E-state index is 12.8. The van der Waals surface area contributed by atoms with Crippen LogP contribution in [0.25, 0.3) is 0 Å². The van der Waals surface area contributed by atoms with Crippen LogP contribution in [0.3, 0.4) is 0 Å². The van der Waals surface area contributed by atoms with Gasteiger partial charge in [-0.05, 0) is 22.6 Å². The molecular formula is C10H7ClFN3O2. The summed E-state index contributed by atoms with van der Waals surface area (Å²) < 4.78 is 14.2. The van der Waals surface area contributed by atoms with Crippen molar-refractivity contribution >= 4 is 17.4 Å². The van der Waals surface area contributed by atoms with Crippen LogP contribution in [0.2, 0.25) is 5.02 Å². The SMILES string of the molecule is O=[N+]([O-])c1ccn(Cc2ccc(F)cc2Cl)n1.